The summed E-state index contributed by atoms with van der Waals surface area (Å²) >= 11 is 0. The first-order valence-corrected chi connectivity index (χ1v) is 8.84. The molecular weight excluding hydrogens is 326 g/mol. The number of nitrogens with zero attached hydrogens (tertiary/aromatic N) is 1. The Balaban J connectivity index is 0.00000288. The molecule has 0 radical (unpaired) electrons. The molecule has 138 valence electrons. The van der Waals surface area contributed by atoms with Gasteiger partial charge in [-0.3, -0.25) is 9.59 Å². The second kappa shape index (κ2) is 9.42. The molecule has 2 aliphatic rings. The van der Waals surface area contributed by atoms with Crippen LogP contribution in [0.5, 0.6) is 0 Å². The number of hydrogen-bond donors (Lipinski definition) is 2. The third kappa shape index (κ3) is 6.81. The van der Waals surface area contributed by atoms with Crippen LogP contribution in [-0.2, 0) is 9.59 Å². The molecule has 2 heterocycles. The van der Waals surface area contributed by atoms with Gasteiger partial charge < -0.3 is 15.5 Å². The third-order valence-corrected chi connectivity index (χ3v) is 4.50. The second-order valence-electron chi connectivity index (χ2n) is 7.89. The van der Waals surface area contributed by atoms with Crippen molar-refractivity contribution in [2.75, 3.05) is 26.2 Å². The van der Waals surface area contributed by atoms with E-state index >= 15 is 0 Å². The topological polar surface area (TPSA) is 61.4 Å². The van der Waals surface area contributed by atoms with Crippen LogP contribution in [0.25, 0.3) is 0 Å². The highest BCUT2D eigenvalue weighted by atomic mass is 35.5. The fraction of sp³-hybridized carbons (Fsp3) is 0.778. The van der Waals surface area contributed by atoms with E-state index in [9.17, 15) is 9.59 Å². The van der Waals surface area contributed by atoms with E-state index in [2.05, 4.69) is 31.4 Å². The summed E-state index contributed by atoms with van der Waals surface area (Å²) in [6, 6.07) is -0.0222. The summed E-state index contributed by atoms with van der Waals surface area (Å²) in [6.45, 7) is 9.43. The van der Waals surface area contributed by atoms with Crippen molar-refractivity contribution in [3.63, 3.8) is 0 Å². The summed E-state index contributed by atoms with van der Waals surface area (Å²) in [5.41, 5.74) is 0.0209. The van der Waals surface area contributed by atoms with E-state index in [1.165, 1.54) is 0 Å². The van der Waals surface area contributed by atoms with Crippen LogP contribution in [0.3, 0.4) is 0 Å². The number of carbonyl (C=O) groups is 2. The highest BCUT2D eigenvalue weighted by Crippen LogP contribution is 2.18. The molecule has 0 aromatic rings. The molecule has 0 aromatic heterocycles. The molecule has 0 saturated carbocycles. The zero-order valence-electron chi connectivity index (χ0n) is 15.1. The maximum Gasteiger partial charge on any atom is 0.246 e. The smallest absolute Gasteiger partial charge is 0.246 e. The van der Waals surface area contributed by atoms with Crippen molar-refractivity contribution in [2.24, 2.45) is 11.3 Å². The Labute approximate surface area is 152 Å². The molecule has 2 rings (SSSR count). The minimum Gasteiger partial charge on any atom is -0.354 e. The van der Waals surface area contributed by atoms with E-state index in [1.807, 2.05) is 11.0 Å². The number of amides is 2. The Morgan fingerprint density at radius 1 is 1.25 bits per heavy atom. The molecule has 0 aromatic carbocycles. The summed E-state index contributed by atoms with van der Waals surface area (Å²) in [4.78, 5) is 26.2. The van der Waals surface area contributed by atoms with Crippen molar-refractivity contribution >= 4 is 24.2 Å². The minimum absolute atomic E-state index is 0. The van der Waals surface area contributed by atoms with E-state index in [1.54, 1.807) is 6.08 Å². The number of carbonyl (C=O) groups excluding carboxylic acids is 2. The first-order valence-electron chi connectivity index (χ1n) is 8.84. The molecular formula is C18H32ClN3O2. The second-order valence-corrected chi connectivity index (χ2v) is 7.89. The van der Waals surface area contributed by atoms with E-state index in [0.717, 1.165) is 45.3 Å². The van der Waals surface area contributed by atoms with Crippen molar-refractivity contribution in [1.29, 1.82) is 0 Å². The number of nitrogens with one attached hydrogen (secondary N) is 2. The normalized spacial score (nSPS) is 24.7. The van der Waals surface area contributed by atoms with E-state index in [-0.39, 0.29) is 35.7 Å². The number of likely N-dealkylation sites (tertiary alicyclic amines) is 1. The van der Waals surface area contributed by atoms with Crippen LogP contribution < -0.4 is 10.6 Å². The first kappa shape index (κ1) is 21.0. The standard InChI is InChI=1S/C18H31N3O2.ClH/c1-18(2,3)9-8-16(22)21-11-5-6-14(13-21)12-20-17(23)15-7-4-10-19-15;/h8-9,14-15,19H,4-7,10-13H2,1-3H3,(H,20,23);1H/b9-8+;. The lowest BCUT2D eigenvalue weighted by Crippen LogP contribution is -2.46. The summed E-state index contributed by atoms with van der Waals surface area (Å²) in [6.07, 6.45) is 7.75. The molecule has 2 atom stereocenters. The van der Waals surface area contributed by atoms with E-state index in [0.29, 0.717) is 12.5 Å². The molecule has 2 amide bonds. The van der Waals surface area contributed by atoms with Gasteiger partial charge in [-0.15, -0.1) is 12.4 Å². The summed E-state index contributed by atoms with van der Waals surface area (Å²) < 4.78 is 0. The third-order valence-electron chi connectivity index (χ3n) is 4.50. The lowest BCUT2D eigenvalue weighted by atomic mass is 9.95. The van der Waals surface area contributed by atoms with E-state index in [4.69, 9.17) is 0 Å². The molecule has 2 N–H and O–H groups in total. The number of piperidine rings is 1. The van der Waals surface area contributed by atoms with Crippen LogP contribution in [0.4, 0.5) is 0 Å². The number of hydrogen-bond acceptors (Lipinski definition) is 3. The SMILES string of the molecule is CC(C)(C)/C=C/C(=O)N1CCCC(CNC(=O)C2CCCN2)C1.Cl. The van der Waals surface area contributed by atoms with Crippen molar-refractivity contribution in [1.82, 2.24) is 15.5 Å². The predicted molar refractivity (Wildman–Crippen MR) is 99.2 cm³/mol. The molecule has 2 saturated heterocycles. The molecule has 24 heavy (non-hydrogen) atoms. The van der Waals surface area contributed by atoms with Crippen LogP contribution in [-0.4, -0.2) is 48.9 Å². The Bertz CT molecular complexity index is 454. The van der Waals surface area contributed by atoms with Crippen LogP contribution in [0.1, 0.15) is 46.5 Å². The fourth-order valence-electron chi connectivity index (χ4n) is 3.14. The van der Waals surface area contributed by atoms with Crippen molar-refractivity contribution in [3.8, 4) is 0 Å². The number of halogens is 1. The average Bonchev–Trinajstić information content (AvgIpc) is 3.04. The highest BCUT2D eigenvalue weighted by molar-refractivity contribution is 5.87. The van der Waals surface area contributed by atoms with Crippen molar-refractivity contribution in [3.05, 3.63) is 12.2 Å². The van der Waals surface area contributed by atoms with Crippen LogP contribution in [0, 0.1) is 11.3 Å². The summed E-state index contributed by atoms with van der Waals surface area (Å²) in [7, 11) is 0. The van der Waals surface area contributed by atoms with Gasteiger partial charge in [-0.1, -0.05) is 26.8 Å². The molecule has 2 fully saturated rings. The molecule has 0 aliphatic carbocycles. The quantitative estimate of drug-likeness (QED) is 0.757. The van der Waals surface area contributed by atoms with Gasteiger partial charge in [0.25, 0.3) is 0 Å². The van der Waals surface area contributed by atoms with Crippen LogP contribution in [0.15, 0.2) is 12.2 Å². The Morgan fingerprint density at radius 3 is 2.62 bits per heavy atom. The number of allylic oxidation sites excluding steroid dienone is 1. The average molecular weight is 358 g/mol. The van der Waals surface area contributed by atoms with Crippen molar-refractivity contribution in [2.45, 2.75) is 52.5 Å². The van der Waals surface area contributed by atoms with Crippen molar-refractivity contribution < 1.29 is 9.59 Å². The molecule has 6 heteroatoms. The summed E-state index contributed by atoms with van der Waals surface area (Å²) in [5, 5.41) is 6.27. The first-order chi connectivity index (χ1) is 10.8. The highest BCUT2D eigenvalue weighted by Gasteiger charge is 2.25. The fourth-order valence-corrected chi connectivity index (χ4v) is 3.14. The molecule has 0 spiro atoms. The zero-order valence-corrected chi connectivity index (χ0v) is 16.0. The maximum absolute atomic E-state index is 12.3. The number of rotatable bonds is 4. The maximum atomic E-state index is 12.3. The molecule has 2 unspecified atom stereocenters. The van der Waals surface area contributed by atoms with Gasteiger partial charge in [0.05, 0.1) is 6.04 Å². The predicted octanol–water partition coefficient (Wildman–Crippen LogP) is 2.12. The lowest BCUT2D eigenvalue weighted by molar-refractivity contribution is -0.127. The van der Waals surface area contributed by atoms with Gasteiger partial charge in [-0.25, -0.2) is 0 Å². The Hall–Kier alpha value is -1.07. The minimum atomic E-state index is -0.0222. The largest absolute Gasteiger partial charge is 0.354 e. The van der Waals surface area contributed by atoms with Gasteiger partial charge >= 0.3 is 0 Å². The Kier molecular flexibility index (Phi) is 8.23. The lowest BCUT2D eigenvalue weighted by Gasteiger charge is -2.32. The zero-order chi connectivity index (χ0) is 16.9. The van der Waals surface area contributed by atoms with Gasteiger partial charge in [0.1, 0.15) is 0 Å². The summed E-state index contributed by atoms with van der Waals surface area (Å²) in [5.74, 6) is 0.563. The van der Waals surface area contributed by atoms with Gasteiger partial charge in [0, 0.05) is 19.6 Å². The monoisotopic (exact) mass is 357 g/mol. The Morgan fingerprint density at radius 2 is 2.00 bits per heavy atom. The van der Waals surface area contributed by atoms with Gasteiger partial charge in [-0.2, -0.15) is 0 Å². The van der Waals surface area contributed by atoms with Crippen LogP contribution >= 0.6 is 12.4 Å². The van der Waals surface area contributed by atoms with Gasteiger partial charge in [-0.05, 0) is 49.6 Å². The van der Waals surface area contributed by atoms with Gasteiger partial charge in [0.15, 0.2) is 0 Å². The molecule has 2 aliphatic heterocycles. The van der Waals surface area contributed by atoms with Gasteiger partial charge in [0.2, 0.25) is 11.8 Å². The molecule has 5 nitrogen and oxygen atoms in total. The van der Waals surface area contributed by atoms with Crippen LogP contribution in [0.2, 0.25) is 0 Å². The molecule has 0 bridgehead atoms. The van der Waals surface area contributed by atoms with E-state index < -0.39 is 0 Å².